The van der Waals surface area contributed by atoms with Crippen molar-refractivity contribution in [2.24, 2.45) is 0 Å². The third-order valence-corrected chi connectivity index (χ3v) is 11.2. The molecular formula is C51H29NO2. The van der Waals surface area contributed by atoms with Crippen LogP contribution in [0.2, 0.25) is 0 Å². The highest BCUT2D eigenvalue weighted by atomic mass is 16.3. The van der Waals surface area contributed by atoms with Gasteiger partial charge >= 0.3 is 0 Å². The second-order valence-electron chi connectivity index (χ2n) is 14.2. The second kappa shape index (κ2) is 11.1. The van der Waals surface area contributed by atoms with Crippen LogP contribution in [0.3, 0.4) is 0 Å². The molecule has 3 aromatic heterocycles. The molecular weight excluding hydrogens is 659 g/mol. The monoisotopic (exact) mass is 687 g/mol. The summed E-state index contributed by atoms with van der Waals surface area (Å²) in [5.41, 5.74) is 10.9. The Labute approximate surface area is 309 Å². The number of pyridine rings is 1. The maximum absolute atomic E-state index is 6.79. The summed E-state index contributed by atoms with van der Waals surface area (Å²) < 4.78 is 13.4. The summed E-state index contributed by atoms with van der Waals surface area (Å²) in [4.78, 5) is 5.37. The van der Waals surface area contributed by atoms with Gasteiger partial charge in [0, 0.05) is 48.8 Å². The molecule has 0 aliphatic rings. The molecule has 0 amide bonds. The Bertz CT molecular complexity index is 3500. The molecule has 9 aromatic carbocycles. The van der Waals surface area contributed by atoms with Crippen molar-refractivity contribution >= 4 is 87.1 Å². The van der Waals surface area contributed by atoms with Crippen molar-refractivity contribution in [3.8, 4) is 33.5 Å². The van der Waals surface area contributed by atoms with Gasteiger partial charge in [-0.1, -0.05) is 133 Å². The normalized spacial score (nSPS) is 12.1. The molecule has 250 valence electrons. The molecule has 0 aliphatic carbocycles. The summed E-state index contributed by atoms with van der Waals surface area (Å²) in [6.07, 6.45) is 0. The number of nitrogens with zero attached hydrogens (tertiary/aromatic N) is 1. The molecule has 0 saturated carbocycles. The van der Waals surface area contributed by atoms with Crippen molar-refractivity contribution < 1.29 is 8.83 Å². The van der Waals surface area contributed by atoms with Crippen LogP contribution in [0.1, 0.15) is 0 Å². The van der Waals surface area contributed by atoms with E-state index in [2.05, 4.69) is 158 Å². The molecule has 54 heavy (non-hydrogen) atoms. The fourth-order valence-electron chi connectivity index (χ4n) is 8.66. The average molecular weight is 688 g/mol. The van der Waals surface area contributed by atoms with E-state index in [0.29, 0.717) is 0 Å². The Hall–Kier alpha value is -7.23. The predicted octanol–water partition coefficient (Wildman–Crippen LogP) is 14.5. The molecule has 0 spiro atoms. The van der Waals surface area contributed by atoms with Crippen LogP contribution in [0.15, 0.2) is 185 Å². The molecule has 0 atom stereocenters. The van der Waals surface area contributed by atoms with E-state index in [1.54, 1.807) is 0 Å². The predicted molar refractivity (Wildman–Crippen MR) is 225 cm³/mol. The number of benzene rings is 9. The third kappa shape index (κ3) is 4.27. The standard InChI is InChI=1S/C51H29NO2/c1-2-11-30(12-3-1)49-41-24-23-39-38-19-8-9-20-45(38)53-50(39)48(41)40-22-21-34(28-44(40)52-49)31-16-10-17-35(25-31)42-27-36-15-6-7-18-37(36)47-43-26-32-13-4-5-14-33(32)29-46(43)54-51(42)47/h1-29H. The van der Waals surface area contributed by atoms with Gasteiger partial charge in [-0.3, -0.25) is 0 Å². The fraction of sp³-hybridized carbons (Fsp3) is 0. The Balaban J connectivity index is 1.08. The molecule has 0 bridgehead atoms. The van der Waals surface area contributed by atoms with Crippen LogP contribution in [0, 0.1) is 0 Å². The van der Waals surface area contributed by atoms with Gasteiger partial charge in [0.15, 0.2) is 0 Å². The quantitative estimate of drug-likeness (QED) is 0.174. The van der Waals surface area contributed by atoms with Crippen molar-refractivity contribution in [2.45, 2.75) is 0 Å². The number of furan rings is 2. The van der Waals surface area contributed by atoms with Gasteiger partial charge in [0.1, 0.15) is 22.3 Å². The van der Waals surface area contributed by atoms with E-state index in [1.807, 2.05) is 18.2 Å². The maximum Gasteiger partial charge on any atom is 0.144 e. The maximum atomic E-state index is 6.79. The van der Waals surface area contributed by atoms with Crippen LogP contribution < -0.4 is 0 Å². The van der Waals surface area contributed by atoms with E-state index in [4.69, 9.17) is 13.8 Å². The van der Waals surface area contributed by atoms with E-state index < -0.39 is 0 Å². The number of aromatic nitrogens is 1. The number of rotatable bonds is 3. The summed E-state index contributed by atoms with van der Waals surface area (Å²) in [6.45, 7) is 0. The number of hydrogen-bond acceptors (Lipinski definition) is 3. The van der Waals surface area contributed by atoms with Gasteiger partial charge < -0.3 is 8.83 Å². The van der Waals surface area contributed by atoms with Crippen molar-refractivity contribution in [1.82, 2.24) is 4.98 Å². The Morgan fingerprint density at radius 3 is 1.87 bits per heavy atom. The molecule has 0 unspecified atom stereocenters. The van der Waals surface area contributed by atoms with Crippen molar-refractivity contribution in [3.05, 3.63) is 176 Å². The Morgan fingerprint density at radius 2 is 0.981 bits per heavy atom. The lowest BCUT2D eigenvalue weighted by Gasteiger charge is -2.13. The average Bonchev–Trinajstić information content (AvgIpc) is 3.81. The highest BCUT2D eigenvalue weighted by Crippen LogP contribution is 2.44. The van der Waals surface area contributed by atoms with Crippen LogP contribution in [-0.4, -0.2) is 4.98 Å². The lowest BCUT2D eigenvalue weighted by molar-refractivity contribution is 0.670. The van der Waals surface area contributed by atoms with Gasteiger partial charge in [-0.2, -0.15) is 0 Å². The molecule has 12 aromatic rings. The number of fused-ring (bicyclic) bond motifs is 13. The molecule has 0 fully saturated rings. The molecule has 3 heterocycles. The minimum Gasteiger partial charge on any atom is -0.455 e. The Morgan fingerprint density at radius 1 is 0.333 bits per heavy atom. The number of para-hydroxylation sites is 1. The van der Waals surface area contributed by atoms with Crippen LogP contribution in [0.4, 0.5) is 0 Å². The molecule has 3 nitrogen and oxygen atoms in total. The lowest BCUT2D eigenvalue weighted by atomic mass is 9.93. The molecule has 0 N–H and O–H groups in total. The lowest BCUT2D eigenvalue weighted by Crippen LogP contribution is -1.91. The van der Waals surface area contributed by atoms with E-state index >= 15 is 0 Å². The van der Waals surface area contributed by atoms with Crippen molar-refractivity contribution in [2.75, 3.05) is 0 Å². The summed E-state index contributed by atoms with van der Waals surface area (Å²) in [6, 6.07) is 62.4. The SMILES string of the molecule is c1ccc(-c2nc3cc(-c4cccc(-c5cc6ccccc6c6c5oc5cc7ccccc7cc56)c4)ccc3c3c2ccc2c4ccccc4oc23)cc1. The highest BCUT2D eigenvalue weighted by Gasteiger charge is 2.20. The second-order valence-corrected chi connectivity index (χ2v) is 14.2. The zero-order valence-electron chi connectivity index (χ0n) is 29.0. The highest BCUT2D eigenvalue weighted by molar-refractivity contribution is 6.26. The summed E-state index contributed by atoms with van der Waals surface area (Å²) >= 11 is 0. The van der Waals surface area contributed by atoms with E-state index in [-0.39, 0.29) is 0 Å². The third-order valence-electron chi connectivity index (χ3n) is 11.2. The summed E-state index contributed by atoms with van der Waals surface area (Å²) in [7, 11) is 0. The first kappa shape index (κ1) is 29.4. The van der Waals surface area contributed by atoms with Crippen LogP contribution >= 0.6 is 0 Å². The molecule has 0 radical (unpaired) electrons. The first-order valence-corrected chi connectivity index (χ1v) is 18.4. The molecule has 0 saturated heterocycles. The molecule has 0 aliphatic heterocycles. The molecule has 12 rings (SSSR count). The first-order chi connectivity index (χ1) is 26.7. The van der Waals surface area contributed by atoms with Gasteiger partial charge in [0.2, 0.25) is 0 Å². The summed E-state index contributed by atoms with van der Waals surface area (Å²) in [5, 5.41) is 12.5. The van der Waals surface area contributed by atoms with Crippen LogP contribution in [0.5, 0.6) is 0 Å². The van der Waals surface area contributed by atoms with Gasteiger partial charge in [-0.25, -0.2) is 4.98 Å². The largest absolute Gasteiger partial charge is 0.455 e. The van der Waals surface area contributed by atoms with Crippen LogP contribution in [0.25, 0.3) is 121 Å². The number of hydrogen-bond donors (Lipinski definition) is 0. The van der Waals surface area contributed by atoms with Crippen LogP contribution in [-0.2, 0) is 0 Å². The van der Waals surface area contributed by atoms with E-state index in [0.717, 1.165) is 99.1 Å². The van der Waals surface area contributed by atoms with Crippen molar-refractivity contribution in [3.63, 3.8) is 0 Å². The minimum atomic E-state index is 0.889. The smallest absolute Gasteiger partial charge is 0.144 e. The zero-order chi connectivity index (χ0) is 35.3. The van der Waals surface area contributed by atoms with Gasteiger partial charge in [0.05, 0.1) is 11.2 Å². The van der Waals surface area contributed by atoms with E-state index in [9.17, 15) is 0 Å². The van der Waals surface area contributed by atoms with Crippen molar-refractivity contribution in [1.29, 1.82) is 0 Å². The van der Waals surface area contributed by atoms with Gasteiger partial charge in [-0.15, -0.1) is 0 Å². The first-order valence-electron chi connectivity index (χ1n) is 18.4. The fourth-order valence-corrected chi connectivity index (χ4v) is 8.66. The zero-order valence-corrected chi connectivity index (χ0v) is 29.0. The molecule has 3 heteroatoms. The van der Waals surface area contributed by atoms with Gasteiger partial charge in [-0.05, 0) is 80.7 Å². The topological polar surface area (TPSA) is 39.2 Å². The Kier molecular flexibility index (Phi) is 6.05. The van der Waals surface area contributed by atoms with Gasteiger partial charge in [0.25, 0.3) is 0 Å². The summed E-state index contributed by atoms with van der Waals surface area (Å²) in [5.74, 6) is 0. The minimum absolute atomic E-state index is 0.889. The van der Waals surface area contributed by atoms with E-state index in [1.165, 1.54) is 21.5 Å².